The predicted molar refractivity (Wildman–Crippen MR) is 114 cm³/mol. The van der Waals surface area contributed by atoms with Crippen molar-refractivity contribution in [3.8, 4) is 5.69 Å². The van der Waals surface area contributed by atoms with Crippen LogP contribution in [0, 0.1) is 6.92 Å². The van der Waals surface area contributed by atoms with Gasteiger partial charge in [0.2, 0.25) is 5.69 Å². The molecule has 3 aromatic rings. The zero-order valence-corrected chi connectivity index (χ0v) is 17.8. The molecule has 0 saturated carbocycles. The number of carbonyl (C=O) groups excluding carboxylic acids is 1. The van der Waals surface area contributed by atoms with Crippen LogP contribution in [0.1, 0.15) is 27.2 Å². The molecule has 0 saturated heterocycles. The van der Waals surface area contributed by atoms with Gasteiger partial charge in [-0.15, -0.1) is 0 Å². The first-order chi connectivity index (χ1) is 15.6. The number of aromatic nitrogens is 3. The third-order valence-corrected chi connectivity index (χ3v) is 4.71. The van der Waals surface area contributed by atoms with E-state index in [-0.39, 0.29) is 25.4 Å². The van der Waals surface area contributed by atoms with Crippen LogP contribution in [0.25, 0.3) is 5.69 Å². The van der Waals surface area contributed by atoms with Crippen molar-refractivity contribution in [2.75, 3.05) is 20.3 Å². The summed E-state index contributed by atoms with van der Waals surface area (Å²) in [4.78, 5) is 38.7. The molecule has 1 N–H and O–H groups in total. The van der Waals surface area contributed by atoms with Gasteiger partial charge in [0.25, 0.3) is 11.5 Å². The highest BCUT2D eigenvalue weighted by Gasteiger charge is 2.31. The maximum absolute atomic E-state index is 13.2. The highest BCUT2D eigenvalue weighted by Crippen LogP contribution is 2.29. The lowest BCUT2D eigenvalue weighted by Gasteiger charge is -2.14. The van der Waals surface area contributed by atoms with Crippen LogP contribution in [0.5, 0.6) is 0 Å². The quantitative estimate of drug-likeness (QED) is 0.543. The number of hydrogen-bond donors (Lipinski definition) is 1. The molecular weight excluding hydrogens is 441 g/mol. The van der Waals surface area contributed by atoms with Gasteiger partial charge in [0.15, 0.2) is 0 Å². The monoisotopic (exact) mass is 462 g/mol. The van der Waals surface area contributed by atoms with E-state index in [1.165, 1.54) is 13.2 Å². The molecule has 2 aromatic carbocycles. The Morgan fingerprint density at radius 1 is 1.12 bits per heavy atom. The molecule has 1 heterocycles. The molecule has 0 spiro atoms. The first kappa shape index (κ1) is 23.9. The van der Waals surface area contributed by atoms with E-state index in [1.807, 2.05) is 13.0 Å². The van der Waals surface area contributed by atoms with Crippen molar-refractivity contribution in [3.05, 3.63) is 91.8 Å². The van der Waals surface area contributed by atoms with E-state index in [0.717, 1.165) is 28.3 Å². The highest BCUT2D eigenvalue weighted by atomic mass is 19.4. The van der Waals surface area contributed by atoms with Gasteiger partial charge >= 0.3 is 11.9 Å². The maximum Gasteiger partial charge on any atom is 0.416 e. The number of nitrogens with one attached hydrogen (secondary N) is 1. The molecule has 0 radical (unpaired) electrons. The van der Waals surface area contributed by atoms with Crippen molar-refractivity contribution in [1.29, 1.82) is 0 Å². The van der Waals surface area contributed by atoms with Gasteiger partial charge in [-0.3, -0.25) is 14.2 Å². The van der Waals surface area contributed by atoms with Crippen molar-refractivity contribution >= 4 is 5.91 Å². The van der Waals surface area contributed by atoms with Crippen molar-refractivity contribution in [3.63, 3.8) is 0 Å². The number of ether oxygens (including phenoxy) is 1. The van der Waals surface area contributed by atoms with Crippen LogP contribution < -0.4 is 16.6 Å². The van der Waals surface area contributed by atoms with Crippen LogP contribution in [-0.2, 0) is 17.5 Å². The molecule has 0 unspecified atom stereocenters. The molecule has 174 valence electrons. The third kappa shape index (κ3) is 5.55. The number of amides is 1. The number of methoxy groups -OCH3 is 1. The zero-order valence-electron chi connectivity index (χ0n) is 17.8. The number of rotatable bonds is 7. The summed E-state index contributed by atoms with van der Waals surface area (Å²) in [6, 6.07) is 10.9. The van der Waals surface area contributed by atoms with Crippen LogP contribution >= 0.6 is 0 Å². The van der Waals surface area contributed by atoms with Crippen molar-refractivity contribution < 1.29 is 22.7 Å². The summed E-state index contributed by atoms with van der Waals surface area (Å²) in [5.41, 5.74) is -2.33. The molecule has 11 heteroatoms. The van der Waals surface area contributed by atoms with E-state index in [9.17, 15) is 27.6 Å². The van der Waals surface area contributed by atoms with Gasteiger partial charge in [-0.25, -0.2) is 4.79 Å². The molecule has 0 fully saturated rings. The molecule has 0 aliphatic carbocycles. The highest BCUT2D eigenvalue weighted by molar-refractivity contribution is 5.91. The smallest absolute Gasteiger partial charge is 0.383 e. The number of nitrogens with zero attached hydrogens (tertiary/aromatic N) is 3. The number of benzene rings is 2. The van der Waals surface area contributed by atoms with Crippen molar-refractivity contribution in [1.82, 2.24) is 19.7 Å². The van der Waals surface area contributed by atoms with Gasteiger partial charge < -0.3 is 10.1 Å². The van der Waals surface area contributed by atoms with Gasteiger partial charge in [0.1, 0.15) is 0 Å². The Labute approximate surface area is 186 Å². The van der Waals surface area contributed by atoms with Crippen LogP contribution in [0.4, 0.5) is 13.2 Å². The maximum atomic E-state index is 13.2. The van der Waals surface area contributed by atoms with Gasteiger partial charge in [-0.1, -0.05) is 35.9 Å². The number of hydrogen-bond acceptors (Lipinski definition) is 5. The Hall–Kier alpha value is -3.73. The molecular formula is C22H21F3N4O4. The summed E-state index contributed by atoms with van der Waals surface area (Å²) >= 11 is 0. The summed E-state index contributed by atoms with van der Waals surface area (Å²) < 4.78 is 45.8. The van der Waals surface area contributed by atoms with E-state index < -0.39 is 34.6 Å². The summed E-state index contributed by atoms with van der Waals surface area (Å²) in [6.07, 6.45) is -4.66. The summed E-state index contributed by atoms with van der Waals surface area (Å²) in [6.45, 7) is 1.86. The molecule has 0 atom stereocenters. The Morgan fingerprint density at radius 2 is 1.85 bits per heavy atom. The molecule has 0 aliphatic rings. The lowest BCUT2D eigenvalue weighted by Crippen LogP contribution is -2.46. The van der Waals surface area contributed by atoms with Crippen LogP contribution in [0.15, 0.2) is 58.1 Å². The Balaban J connectivity index is 2.18. The minimum Gasteiger partial charge on any atom is -0.383 e. The molecule has 1 amide bonds. The molecule has 3 rings (SSSR count). The zero-order chi connectivity index (χ0) is 24.2. The second kappa shape index (κ2) is 9.82. The first-order valence-electron chi connectivity index (χ1n) is 9.86. The van der Waals surface area contributed by atoms with E-state index in [1.54, 1.807) is 18.2 Å². The standard InChI is InChI=1S/C22H21F3N4O4/c1-14-5-3-6-15(11-14)13-28-20(31)18(19(30)26-9-10-33-2)27-29(21(28)32)17-8-4-7-16(12-17)22(23,24)25/h3-8,11-12H,9-10,13H2,1-2H3,(H,26,30). The number of halogens is 3. The predicted octanol–water partition coefficient (Wildman–Crippen LogP) is 2.15. The fraction of sp³-hybridized carbons (Fsp3) is 0.273. The van der Waals surface area contributed by atoms with Crippen LogP contribution in [0.3, 0.4) is 0 Å². The summed E-state index contributed by atoms with van der Waals surface area (Å²) in [5, 5.41) is 6.25. The van der Waals surface area contributed by atoms with Gasteiger partial charge in [0.05, 0.1) is 24.4 Å². The normalized spacial score (nSPS) is 11.4. The van der Waals surface area contributed by atoms with Crippen molar-refractivity contribution in [2.24, 2.45) is 0 Å². The second-order valence-electron chi connectivity index (χ2n) is 7.22. The molecule has 1 aromatic heterocycles. The Kier molecular flexibility index (Phi) is 7.12. The number of carbonyl (C=O) groups is 1. The third-order valence-electron chi connectivity index (χ3n) is 4.71. The minimum absolute atomic E-state index is 0.0665. The lowest BCUT2D eigenvalue weighted by atomic mass is 10.1. The molecule has 0 bridgehead atoms. The minimum atomic E-state index is -4.66. The van der Waals surface area contributed by atoms with Crippen LogP contribution in [0.2, 0.25) is 0 Å². The van der Waals surface area contributed by atoms with Gasteiger partial charge in [-0.05, 0) is 30.7 Å². The summed E-state index contributed by atoms with van der Waals surface area (Å²) in [5.74, 6) is -0.879. The van der Waals surface area contributed by atoms with Crippen LogP contribution in [-0.4, -0.2) is 40.5 Å². The van der Waals surface area contributed by atoms with E-state index >= 15 is 0 Å². The van der Waals surface area contributed by atoms with Gasteiger partial charge in [0, 0.05) is 13.7 Å². The summed E-state index contributed by atoms with van der Waals surface area (Å²) in [7, 11) is 1.42. The largest absolute Gasteiger partial charge is 0.416 e. The topological polar surface area (TPSA) is 95.2 Å². The number of aryl methyl sites for hydroxylation is 1. The molecule has 0 aliphatic heterocycles. The SMILES string of the molecule is COCCNC(=O)c1nn(-c2cccc(C(F)(F)F)c2)c(=O)n(Cc2cccc(C)c2)c1=O. The van der Waals surface area contributed by atoms with Crippen molar-refractivity contribution in [2.45, 2.75) is 19.6 Å². The fourth-order valence-electron chi connectivity index (χ4n) is 3.12. The molecule has 33 heavy (non-hydrogen) atoms. The average Bonchev–Trinajstić information content (AvgIpc) is 2.76. The molecule has 8 nitrogen and oxygen atoms in total. The van der Waals surface area contributed by atoms with E-state index in [4.69, 9.17) is 4.74 Å². The van der Waals surface area contributed by atoms with Gasteiger partial charge in [-0.2, -0.15) is 23.0 Å². The van der Waals surface area contributed by atoms with E-state index in [2.05, 4.69) is 10.4 Å². The Morgan fingerprint density at radius 3 is 2.52 bits per heavy atom. The average molecular weight is 462 g/mol. The lowest BCUT2D eigenvalue weighted by molar-refractivity contribution is -0.137. The first-order valence-corrected chi connectivity index (χ1v) is 9.86. The Bertz CT molecular complexity index is 1280. The fourth-order valence-corrected chi connectivity index (χ4v) is 3.12. The van der Waals surface area contributed by atoms with E-state index in [0.29, 0.717) is 10.2 Å². The second-order valence-corrected chi connectivity index (χ2v) is 7.22. The number of alkyl halides is 3.